The highest BCUT2D eigenvalue weighted by Crippen LogP contribution is 2.53. The molecular weight excluding hydrogens is 678 g/mol. The number of nitrogens with one attached hydrogen (secondary N) is 2. The number of benzene rings is 2. The van der Waals surface area contributed by atoms with Gasteiger partial charge in [0.05, 0.1) is 42.6 Å². The molecule has 8 rings (SSSR count). The second kappa shape index (κ2) is 13.6. The number of carbonyl (C=O) groups excluding carboxylic acids is 3. The topological polar surface area (TPSA) is 195 Å². The van der Waals surface area contributed by atoms with Gasteiger partial charge in [0.25, 0.3) is 5.91 Å². The number of fused-ring (bicyclic) bond motifs is 6. The lowest BCUT2D eigenvalue weighted by Crippen LogP contribution is -2.55. The fraction of sp³-hybridized carbons (Fsp3) is 0.595. The Morgan fingerprint density at radius 2 is 1.92 bits per heavy atom. The molecule has 15 nitrogen and oxygen atoms in total. The lowest BCUT2D eigenvalue weighted by atomic mass is 9.72. The number of aromatic hydroxyl groups is 2. The minimum absolute atomic E-state index is 0.00121. The molecule has 52 heavy (non-hydrogen) atoms. The lowest BCUT2D eigenvalue weighted by Gasteiger charge is -2.43. The number of methoxy groups -OCH3 is 2. The third kappa shape index (κ3) is 5.69. The van der Waals surface area contributed by atoms with E-state index in [2.05, 4.69) is 15.5 Å². The first-order chi connectivity index (χ1) is 25.0. The van der Waals surface area contributed by atoms with E-state index in [4.69, 9.17) is 28.4 Å². The van der Waals surface area contributed by atoms with Gasteiger partial charge >= 0.3 is 0 Å². The molecule has 4 heterocycles. The highest BCUT2D eigenvalue weighted by Gasteiger charge is 2.55. The van der Waals surface area contributed by atoms with E-state index in [1.54, 1.807) is 13.2 Å². The molecular formula is C37H45N3O12. The van der Waals surface area contributed by atoms with Crippen molar-refractivity contribution in [1.29, 1.82) is 0 Å². The van der Waals surface area contributed by atoms with Crippen LogP contribution in [0, 0.1) is 0 Å². The van der Waals surface area contributed by atoms with Crippen molar-refractivity contribution < 1.29 is 58.1 Å². The molecule has 280 valence electrons. The van der Waals surface area contributed by atoms with Crippen LogP contribution in [0.4, 0.5) is 0 Å². The number of hydrogen-bond donors (Lipinski definition) is 5. The average Bonchev–Trinajstić information content (AvgIpc) is 3.80. The van der Waals surface area contributed by atoms with Crippen molar-refractivity contribution in [2.24, 2.45) is 0 Å². The number of nitrogens with zero attached hydrogens (tertiary/aromatic N) is 1. The van der Waals surface area contributed by atoms with E-state index in [0.717, 1.165) is 19.4 Å². The summed E-state index contributed by atoms with van der Waals surface area (Å²) in [4.78, 5) is 44.0. The Balaban J connectivity index is 1.15. The first kappa shape index (κ1) is 35.4. The molecule has 1 amide bonds. The van der Waals surface area contributed by atoms with Crippen LogP contribution in [-0.2, 0) is 34.9 Å². The standard InChI is InChI=1S/C37H45N3O12/c1-17-33-21(40-12-13-49-35(48-3)34(40)52-33)14-24(50-17)51-23-16-37(46,36(45)39-11-9-18-6-5-10-38-18)15-20-26(23)32(44)28-27(30(20)42)29(41)19-7-4-8-22(47-2)25(19)31(28)43/h4,7-8,17-18,21,23-24,33-35,38,42,44,46H,5-6,9-16H2,1-3H3,(H,39,45)/t17-,18+,21-,23-,24-,33+,34+,35-,37-/m0/s1. The zero-order valence-corrected chi connectivity index (χ0v) is 29.4. The first-order valence-electron chi connectivity index (χ1n) is 18.0. The molecule has 6 aliphatic rings. The van der Waals surface area contributed by atoms with Gasteiger partial charge in [-0.25, -0.2) is 0 Å². The predicted octanol–water partition coefficient (Wildman–Crippen LogP) is 1.41. The first-order valence-corrected chi connectivity index (χ1v) is 18.0. The van der Waals surface area contributed by atoms with E-state index in [0.29, 0.717) is 32.5 Å². The van der Waals surface area contributed by atoms with E-state index in [1.807, 2.05) is 6.92 Å². The van der Waals surface area contributed by atoms with Crippen LogP contribution in [0.5, 0.6) is 17.2 Å². The van der Waals surface area contributed by atoms with Crippen molar-refractivity contribution in [2.45, 2.75) is 100 Å². The van der Waals surface area contributed by atoms with Gasteiger partial charge in [0, 0.05) is 68.2 Å². The number of phenols is 2. The molecule has 0 saturated carbocycles. The second-order valence-corrected chi connectivity index (χ2v) is 14.5. The Kier molecular flexibility index (Phi) is 9.27. The lowest BCUT2D eigenvalue weighted by molar-refractivity contribution is -0.256. The number of ketones is 2. The minimum atomic E-state index is -2.11. The van der Waals surface area contributed by atoms with Crippen LogP contribution in [0.2, 0.25) is 0 Å². The van der Waals surface area contributed by atoms with Gasteiger partial charge in [0.1, 0.15) is 29.0 Å². The number of aliphatic hydroxyl groups is 1. The molecule has 4 fully saturated rings. The Hall–Kier alpha value is -3.67. The quantitative estimate of drug-likeness (QED) is 0.209. The van der Waals surface area contributed by atoms with Crippen LogP contribution in [-0.4, -0.2) is 127 Å². The maximum atomic E-state index is 14.1. The number of rotatable bonds is 8. The van der Waals surface area contributed by atoms with Gasteiger partial charge < -0.3 is 54.4 Å². The molecule has 2 aromatic rings. The zero-order chi connectivity index (χ0) is 36.5. The number of morpholine rings is 1. The zero-order valence-electron chi connectivity index (χ0n) is 29.4. The molecule has 5 N–H and O–H groups in total. The summed E-state index contributed by atoms with van der Waals surface area (Å²) in [6, 6.07) is 4.64. The molecule has 4 saturated heterocycles. The number of hydrogen-bond acceptors (Lipinski definition) is 14. The molecule has 0 aromatic heterocycles. The third-order valence-electron chi connectivity index (χ3n) is 11.5. The summed E-state index contributed by atoms with van der Waals surface area (Å²) in [5.74, 6) is -3.13. The van der Waals surface area contributed by atoms with Gasteiger partial charge in [0.15, 0.2) is 24.6 Å². The van der Waals surface area contributed by atoms with E-state index >= 15 is 0 Å². The van der Waals surface area contributed by atoms with Crippen LogP contribution in [0.15, 0.2) is 18.2 Å². The van der Waals surface area contributed by atoms with Gasteiger partial charge in [-0.05, 0) is 38.8 Å². The van der Waals surface area contributed by atoms with Gasteiger partial charge in [-0.1, -0.05) is 12.1 Å². The summed E-state index contributed by atoms with van der Waals surface area (Å²) in [7, 11) is 2.93. The molecule has 2 aromatic carbocycles. The maximum absolute atomic E-state index is 14.1. The monoisotopic (exact) mass is 723 g/mol. The molecule has 0 bridgehead atoms. The van der Waals surface area contributed by atoms with Crippen LogP contribution in [0.25, 0.3) is 0 Å². The fourth-order valence-corrected chi connectivity index (χ4v) is 9.03. The molecule has 2 aliphatic carbocycles. The highest BCUT2D eigenvalue weighted by atomic mass is 16.7. The smallest absolute Gasteiger partial charge is 0.252 e. The van der Waals surface area contributed by atoms with Crippen LogP contribution in [0.1, 0.15) is 88.1 Å². The molecule has 0 spiro atoms. The van der Waals surface area contributed by atoms with Crippen molar-refractivity contribution in [3.8, 4) is 17.2 Å². The summed E-state index contributed by atoms with van der Waals surface area (Å²) in [5.41, 5.74) is -3.00. The normalized spacial score (nSPS) is 33.8. The highest BCUT2D eigenvalue weighted by molar-refractivity contribution is 6.31. The van der Waals surface area contributed by atoms with E-state index in [-0.39, 0.29) is 52.6 Å². The molecule has 15 heteroatoms. The van der Waals surface area contributed by atoms with Crippen LogP contribution < -0.4 is 15.4 Å². The Bertz CT molecular complexity index is 1780. The number of amides is 1. The second-order valence-electron chi connectivity index (χ2n) is 14.5. The van der Waals surface area contributed by atoms with Crippen molar-refractivity contribution in [3.05, 3.63) is 51.6 Å². The predicted molar refractivity (Wildman–Crippen MR) is 180 cm³/mol. The maximum Gasteiger partial charge on any atom is 0.252 e. The summed E-state index contributed by atoms with van der Waals surface area (Å²) in [5, 5.41) is 42.1. The molecule has 0 radical (unpaired) electrons. The fourth-order valence-electron chi connectivity index (χ4n) is 9.03. The number of ether oxygens (including phenoxy) is 6. The molecule has 9 atom stereocenters. The number of phenolic OH excluding ortho intramolecular Hbond substituents is 2. The number of carbonyl (C=O) groups is 3. The van der Waals surface area contributed by atoms with Crippen molar-refractivity contribution in [2.75, 3.05) is 40.5 Å². The van der Waals surface area contributed by atoms with Gasteiger partial charge in [-0.2, -0.15) is 0 Å². The van der Waals surface area contributed by atoms with Crippen LogP contribution >= 0.6 is 0 Å². The van der Waals surface area contributed by atoms with Gasteiger partial charge in [0.2, 0.25) is 5.78 Å². The summed E-state index contributed by atoms with van der Waals surface area (Å²) in [6.07, 6.45) is -1.66. The van der Waals surface area contributed by atoms with Crippen molar-refractivity contribution in [3.63, 3.8) is 0 Å². The van der Waals surface area contributed by atoms with E-state index < -0.39 is 83.1 Å². The summed E-state index contributed by atoms with van der Waals surface area (Å²) in [6.45, 7) is 4.12. The Labute approximate surface area is 300 Å². The summed E-state index contributed by atoms with van der Waals surface area (Å²) < 4.78 is 35.9. The summed E-state index contributed by atoms with van der Waals surface area (Å²) >= 11 is 0. The van der Waals surface area contributed by atoms with Gasteiger partial charge in [-0.3, -0.25) is 19.3 Å². The third-order valence-corrected chi connectivity index (χ3v) is 11.5. The Morgan fingerprint density at radius 3 is 2.67 bits per heavy atom. The SMILES string of the molecule is COc1cccc2c1C(=O)c1c(O)c3c(c(O)c1C2=O)C[C@@](O)(C(=O)NCC[C@H]1CCCN1)C[C@@H]3O[C@H]1C[C@H]2[C@H](O[C@@H]3[C@@H](OC)OCCN32)[C@H](C)O1. The van der Waals surface area contributed by atoms with Crippen molar-refractivity contribution >= 4 is 17.5 Å². The van der Waals surface area contributed by atoms with Crippen LogP contribution in [0.3, 0.4) is 0 Å². The molecule has 0 unspecified atom stereocenters. The van der Waals surface area contributed by atoms with E-state index in [9.17, 15) is 29.7 Å². The molecule has 4 aliphatic heterocycles. The van der Waals surface area contributed by atoms with E-state index in [1.165, 1.54) is 19.2 Å². The largest absolute Gasteiger partial charge is 0.507 e. The minimum Gasteiger partial charge on any atom is -0.507 e. The average molecular weight is 724 g/mol. The van der Waals surface area contributed by atoms with Crippen molar-refractivity contribution in [1.82, 2.24) is 15.5 Å². The Morgan fingerprint density at radius 1 is 1.12 bits per heavy atom. The van der Waals surface area contributed by atoms with Gasteiger partial charge in [-0.15, -0.1) is 0 Å².